The standard InChI is InChI=1S/C33H34N2O7/c1-4-31(36)41-20-8-6-5-7-19-40-28-16-14-27(15-17-28)32(37)42-30-18-13-26(21-29(30)33(38)39-3)23-35-34-22-25-11-9-24(2)10-12-25/h4,9-18,21-23H,1,5-8,19-20H2,2-3H3/b34-22+,35-23+. The van der Waals surface area contributed by atoms with Crippen molar-refractivity contribution in [2.45, 2.75) is 32.6 Å². The van der Waals surface area contributed by atoms with Gasteiger partial charge in [0.25, 0.3) is 0 Å². The van der Waals surface area contributed by atoms with Crippen molar-refractivity contribution >= 4 is 30.3 Å². The molecule has 0 atom stereocenters. The van der Waals surface area contributed by atoms with Crippen LogP contribution in [0.15, 0.2) is 89.6 Å². The van der Waals surface area contributed by atoms with Crippen LogP contribution in [0, 0.1) is 6.92 Å². The first-order valence-electron chi connectivity index (χ1n) is 13.5. The molecule has 0 aromatic heterocycles. The van der Waals surface area contributed by atoms with Gasteiger partial charge in [0.05, 0.1) is 38.3 Å². The Morgan fingerprint density at radius 3 is 2.10 bits per heavy atom. The molecule has 0 heterocycles. The van der Waals surface area contributed by atoms with E-state index in [9.17, 15) is 14.4 Å². The lowest BCUT2D eigenvalue weighted by molar-refractivity contribution is -0.137. The summed E-state index contributed by atoms with van der Waals surface area (Å²) in [6.45, 7) is 6.26. The van der Waals surface area contributed by atoms with Gasteiger partial charge < -0.3 is 18.9 Å². The van der Waals surface area contributed by atoms with Crippen molar-refractivity contribution in [3.8, 4) is 11.5 Å². The summed E-state index contributed by atoms with van der Waals surface area (Å²) in [5.74, 6) is -1.01. The number of rotatable bonds is 15. The third-order valence-electron chi connectivity index (χ3n) is 5.98. The number of unbranched alkanes of at least 4 members (excludes halogenated alkanes) is 3. The molecule has 3 aromatic carbocycles. The van der Waals surface area contributed by atoms with E-state index in [0.29, 0.717) is 30.1 Å². The van der Waals surface area contributed by atoms with Crippen molar-refractivity contribution in [1.29, 1.82) is 0 Å². The summed E-state index contributed by atoms with van der Waals surface area (Å²) < 4.78 is 21.1. The van der Waals surface area contributed by atoms with Gasteiger partial charge >= 0.3 is 17.9 Å². The van der Waals surface area contributed by atoms with Crippen molar-refractivity contribution in [2.75, 3.05) is 20.3 Å². The maximum Gasteiger partial charge on any atom is 0.343 e. The quantitative estimate of drug-likeness (QED) is 0.0540. The van der Waals surface area contributed by atoms with Gasteiger partial charge in [0, 0.05) is 6.08 Å². The monoisotopic (exact) mass is 570 g/mol. The van der Waals surface area contributed by atoms with E-state index in [2.05, 4.69) is 16.8 Å². The molecule has 0 saturated heterocycles. The van der Waals surface area contributed by atoms with Crippen LogP contribution in [-0.2, 0) is 14.3 Å². The van der Waals surface area contributed by atoms with Crippen LogP contribution in [0.2, 0.25) is 0 Å². The number of hydrogen-bond donors (Lipinski definition) is 0. The fourth-order valence-corrected chi connectivity index (χ4v) is 3.66. The van der Waals surface area contributed by atoms with Gasteiger partial charge in [0.1, 0.15) is 17.1 Å². The number of carbonyl (C=O) groups excluding carboxylic acids is 3. The number of methoxy groups -OCH3 is 1. The molecule has 0 aliphatic carbocycles. The normalized spacial score (nSPS) is 10.9. The van der Waals surface area contributed by atoms with E-state index in [-0.39, 0.29) is 11.3 Å². The molecule has 0 N–H and O–H groups in total. The molecule has 9 nitrogen and oxygen atoms in total. The zero-order chi connectivity index (χ0) is 30.2. The number of carbonyl (C=O) groups is 3. The van der Waals surface area contributed by atoms with Crippen LogP contribution >= 0.6 is 0 Å². The van der Waals surface area contributed by atoms with E-state index in [0.717, 1.165) is 42.9 Å². The first-order valence-corrected chi connectivity index (χ1v) is 13.5. The summed E-state index contributed by atoms with van der Waals surface area (Å²) >= 11 is 0. The average Bonchev–Trinajstić information content (AvgIpc) is 3.01. The molecule has 42 heavy (non-hydrogen) atoms. The summed E-state index contributed by atoms with van der Waals surface area (Å²) in [6, 6.07) is 19.1. The van der Waals surface area contributed by atoms with Crippen LogP contribution in [0.1, 0.15) is 63.1 Å². The summed E-state index contributed by atoms with van der Waals surface area (Å²) in [5, 5.41) is 8.08. The molecule has 218 valence electrons. The highest BCUT2D eigenvalue weighted by molar-refractivity contribution is 5.98. The van der Waals surface area contributed by atoms with Crippen molar-refractivity contribution < 1.29 is 33.3 Å². The minimum absolute atomic E-state index is 0.0618. The largest absolute Gasteiger partial charge is 0.494 e. The van der Waals surface area contributed by atoms with Crippen LogP contribution in [-0.4, -0.2) is 50.7 Å². The van der Waals surface area contributed by atoms with Gasteiger partial charge in [-0.3, -0.25) is 0 Å². The Hall–Kier alpha value is -5.05. The second-order valence-electron chi connectivity index (χ2n) is 9.20. The number of ether oxygens (including phenoxy) is 4. The van der Waals surface area contributed by atoms with Crippen LogP contribution in [0.4, 0.5) is 0 Å². The van der Waals surface area contributed by atoms with E-state index in [4.69, 9.17) is 18.9 Å². The third-order valence-corrected chi connectivity index (χ3v) is 5.98. The maximum atomic E-state index is 12.8. The Kier molecular flexibility index (Phi) is 12.7. The van der Waals surface area contributed by atoms with Crippen molar-refractivity contribution in [3.63, 3.8) is 0 Å². The minimum Gasteiger partial charge on any atom is -0.494 e. The molecule has 3 rings (SSSR count). The van der Waals surface area contributed by atoms with E-state index in [1.807, 2.05) is 31.2 Å². The zero-order valence-corrected chi connectivity index (χ0v) is 23.8. The molecule has 0 fully saturated rings. The smallest absolute Gasteiger partial charge is 0.343 e. The van der Waals surface area contributed by atoms with Crippen LogP contribution in [0.3, 0.4) is 0 Å². The lowest BCUT2D eigenvalue weighted by Crippen LogP contribution is -2.12. The molecule has 0 unspecified atom stereocenters. The molecule has 0 aliphatic heterocycles. The molecule has 0 saturated carbocycles. The van der Waals surface area contributed by atoms with Crippen molar-refractivity contribution in [3.05, 3.63) is 107 Å². The van der Waals surface area contributed by atoms with Gasteiger partial charge in [-0.15, -0.1) is 0 Å². The second-order valence-corrected chi connectivity index (χ2v) is 9.20. The second kappa shape index (κ2) is 16.9. The van der Waals surface area contributed by atoms with Crippen molar-refractivity contribution in [2.24, 2.45) is 10.2 Å². The Labute approximate surface area is 245 Å². The van der Waals surface area contributed by atoms with E-state index in [1.165, 1.54) is 25.5 Å². The van der Waals surface area contributed by atoms with Gasteiger partial charge in [0.2, 0.25) is 0 Å². The number of hydrogen-bond acceptors (Lipinski definition) is 9. The Balaban J connectivity index is 1.52. The van der Waals surface area contributed by atoms with E-state index < -0.39 is 17.9 Å². The summed E-state index contributed by atoms with van der Waals surface area (Å²) in [5.41, 5.74) is 3.01. The van der Waals surface area contributed by atoms with Crippen LogP contribution in [0.25, 0.3) is 0 Å². The minimum atomic E-state index is -0.655. The van der Waals surface area contributed by atoms with Crippen molar-refractivity contribution in [1.82, 2.24) is 0 Å². The lowest BCUT2D eigenvalue weighted by atomic mass is 10.1. The summed E-state index contributed by atoms with van der Waals surface area (Å²) in [6.07, 6.45) is 7.74. The van der Waals surface area contributed by atoms with Gasteiger partial charge in [-0.25, -0.2) is 14.4 Å². The molecule has 0 radical (unpaired) electrons. The first kappa shape index (κ1) is 31.5. The fraction of sp³-hybridized carbons (Fsp3) is 0.242. The fourth-order valence-electron chi connectivity index (χ4n) is 3.66. The molecule has 0 bridgehead atoms. The Bertz CT molecular complexity index is 1410. The SMILES string of the molecule is C=CC(=O)OCCCCCCOc1ccc(C(=O)Oc2ccc(/C=N/N=C/c3ccc(C)cc3)cc2C(=O)OC)cc1. The lowest BCUT2D eigenvalue weighted by Gasteiger charge is -2.10. The van der Waals surface area contributed by atoms with Gasteiger partial charge in [-0.1, -0.05) is 36.4 Å². The Morgan fingerprint density at radius 1 is 0.786 bits per heavy atom. The first-order chi connectivity index (χ1) is 20.4. The predicted octanol–water partition coefficient (Wildman–Crippen LogP) is 6.12. The molecule has 9 heteroatoms. The number of aryl methyl sites for hydroxylation is 1. The highest BCUT2D eigenvalue weighted by atomic mass is 16.5. The Morgan fingerprint density at radius 2 is 1.43 bits per heavy atom. The number of benzene rings is 3. The molecule has 3 aromatic rings. The van der Waals surface area contributed by atoms with E-state index in [1.54, 1.807) is 36.5 Å². The molecular formula is C33H34N2O7. The van der Waals surface area contributed by atoms with Crippen LogP contribution in [0.5, 0.6) is 11.5 Å². The molecule has 0 amide bonds. The van der Waals surface area contributed by atoms with Gasteiger partial charge in [-0.05, 0) is 86.2 Å². The number of nitrogens with zero attached hydrogens (tertiary/aromatic N) is 2. The topological polar surface area (TPSA) is 113 Å². The summed E-state index contributed by atoms with van der Waals surface area (Å²) in [7, 11) is 1.25. The highest BCUT2D eigenvalue weighted by Crippen LogP contribution is 2.23. The number of esters is 3. The van der Waals surface area contributed by atoms with E-state index >= 15 is 0 Å². The van der Waals surface area contributed by atoms with Crippen LogP contribution < -0.4 is 9.47 Å². The predicted molar refractivity (Wildman–Crippen MR) is 161 cm³/mol. The maximum absolute atomic E-state index is 12.8. The average molecular weight is 571 g/mol. The molecule has 0 aliphatic rings. The highest BCUT2D eigenvalue weighted by Gasteiger charge is 2.18. The molecular weight excluding hydrogens is 536 g/mol. The summed E-state index contributed by atoms with van der Waals surface area (Å²) in [4.78, 5) is 36.2. The molecule has 0 spiro atoms. The van der Waals surface area contributed by atoms with Gasteiger partial charge in [-0.2, -0.15) is 10.2 Å². The third kappa shape index (κ3) is 10.5. The zero-order valence-electron chi connectivity index (χ0n) is 23.8. The van der Waals surface area contributed by atoms with Gasteiger partial charge in [0.15, 0.2) is 0 Å².